The summed E-state index contributed by atoms with van der Waals surface area (Å²) >= 11 is 25.3. The van der Waals surface area contributed by atoms with E-state index in [1.807, 2.05) is 66.8 Å². The molecule has 0 aliphatic carbocycles. The predicted molar refractivity (Wildman–Crippen MR) is 325 cm³/mol. The minimum atomic E-state index is -5.08. The number of halogens is 7. The lowest BCUT2D eigenvalue weighted by Crippen LogP contribution is -2.53. The Morgan fingerprint density at radius 3 is 1.46 bits per heavy atom. The fourth-order valence-corrected chi connectivity index (χ4v) is 13.9. The largest absolute Gasteiger partial charge is 0.490 e. The Balaban J connectivity index is 0.000000199. The van der Waals surface area contributed by atoms with Gasteiger partial charge in [-0.05, 0) is 158 Å². The first-order chi connectivity index (χ1) is 40.4. The number of rotatable bonds is 15. The second-order valence-corrected chi connectivity index (χ2v) is 24.9. The SMILES string of the molecule is CCOC(=O)CC[C@@H]1CCCN(C2CCN(c3cnc4c(C)nn([C@H](C)c5ccc(Cl)cc5Cl)c4n3)C[C@@H]2C)C1.Cc1nn([C@H](C)c2ccc(Cl)cc2Cl)c2nc(N3CCC(N4CCC[C@@H](CCC(=O)O)C4)[C@@H](C)C3)cnc12.O=C(O)C(F)(F)F. The van der Waals surface area contributed by atoms with Crippen molar-refractivity contribution in [3.63, 3.8) is 0 Å². The number of hydrogen-bond donors (Lipinski definition) is 2. The average Bonchev–Trinajstić information content (AvgIpc) is 2.00. The Morgan fingerprint density at radius 1 is 0.659 bits per heavy atom. The van der Waals surface area contributed by atoms with Crippen molar-refractivity contribution in [2.75, 3.05) is 68.8 Å². The van der Waals surface area contributed by atoms with Crippen LogP contribution in [-0.2, 0) is 19.1 Å². The van der Waals surface area contributed by atoms with Crippen LogP contribution in [0.3, 0.4) is 0 Å². The molecule has 0 bridgehead atoms. The standard InChI is InChI=1S/C30H40Cl2N6O2.C28H36Cl2N6O2.C2HF3O2/c1-5-40-28(39)11-8-22-7-6-13-36(18-22)26-12-14-37(17-19(26)2)27-16-33-29-20(3)35-38(30(29)34-27)21(4)24-10-9-23(31)15-25(24)32;1-17-15-35(12-10-24(17)34-11-4-5-20(16-34)6-9-26(37)38)25-14-31-27-18(2)33-36(28(27)32-25)19(3)22-8-7-21(29)13-23(22)30;3-2(4,5)1(6)7/h9-10,15-16,19,21-22,26H,5-8,11-14,17-18H2,1-4H3;7-8,13-14,17,19-20,24H,4-6,9-12,15-16H2,1-3H3,(H,37,38);(H,6,7)/t19-,21+,22-,26?;17-,19+,20-,24?;/m00./s1. The number of alkyl halides is 3. The fraction of sp³-hybridized carbons (Fsp3) is 0.583. The second-order valence-electron chi connectivity index (χ2n) is 23.2. The molecule has 85 heavy (non-hydrogen) atoms. The minimum Gasteiger partial charge on any atom is -0.481 e. The summed E-state index contributed by atoms with van der Waals surface area (Å²) in [6.45, 7) is 23.1. The number of fused-ring (bicyclic) bond motifs is 2. The summed E-state index contributed by atoms with van der Waals surface area (Å²) in [5.41, 5.74) is 6.70. The highest BCUT2D eigenvalue weighted by atomic mass is 35.5. The van der Waals surface area contributed by atoms with Gasteiger partial charge in [-0.3, -0.25) is 19.4 Å². The zero-order valence-corrected chi connectivity index (χ0v) is 52.2. The Hall–Kier alpha value is -5.58. The van der Waals surface area contributed by atoms with Crippen LogP contribution >= 0.6 is 46.4 Å². The van der Waals surface area contributed by atoms with Crippen molar-refractivity contribution in [3.05, 3.63) is 91.4 Å². The first-order valence-corrected chi connectivity index (χ1v) is 30.9. The van der Waals surface area contributed by atoms with Crippen molar-refractivity contribution in [2.24, 2.45) is 23.7 Å². The van der Waals surface area contributed by atoms with Gasteiger partial charge in [0.15, 0.2) is 11.3 Å². The number of anilines is 2. The summed E-state index contributed by atoms with van der Waals surface area (Å²) in [6, 6.07) is 11.9. The number of carbonyl (C=O) groups excluding carboxylic acids is 1. The van der Waals surface area contributed by atoms with E-state index in [1.165, 1.54) is 12.8 Å². The van der Waals surface area contributed by atoms with Gasteiger partial charge in [0.2, 0.25) is 0 Å². The van der Waals surface area contributed by atoms with Crippen LogP contribution in [-0.4, -0.2) is 155 Å². The summed E-state index contributed by atoms with van der Waals surface area (Å²) in [6.07, 6.45) is 8.00. The van der Waals surface area contributed by atoms with Gasteiger partial charge in [0.1, 0.15) is 22.7 Å². The molecule has 4 fully saturated rings. The lowest BCUT2D eigenvalue weighted by molar-refractivity contribution is -0.192. The number of aryl methyl sites for hydroxylation is 2. The average molecular weight is 1260 g/mol. The van der Waals surface area contributed by atoms with E-state index in [4.69, 9.17) is 96.3 Å². The zero-order valence-electron chi connectivity index (χ0n) is 49.2. The molecule has 4 aromatic heterocycles. The number of carboxylic acids is 2. The van der Waals surface area contributed by atoms with Gasteiger partial charge in [-0.25, -0.2) is 34.1 Å². The Kier molecular flexibility index (Phi) is 22.3. The lowest BCUT2D eigenvalue weighted by Gasteiger charge is -2.46. The Morgan fingerprint density at radius 2 is 1.08 bits per heavy atom. The highest BCUT2D eigenvalue weighted by Crippen LogP contribution is 2.36. The topological polar surface area (TPSA) is 201 Å². The first-order valence-electron chi connectivity index (χ1n) is 29.4. The van der Waals surface area contributed by atoms with Crippen LogP contribution in [0.25, 0.3) is 22.3 Å². The van der Waals surface area contributed by atoms with E-state index in [-0.39, 0.29) is 24.5 Å². The number of carboxylic acid groups (broad SMARTS) is 2. The number of ether oxygens (including phenoxy) is 1. The van der Waals surface area contributed by atoms with Crippen molar-refractivity contribution >= 4 is 98.3 Å². The number of piperidine rings is 4. The van der Waals surface area contributed by atoms with Crippen LogP contribution in [0.2, 0.25) is 20.1 Å². The third-order valence-electron chi connectivity index (χ3n) is 17.2. The van der Waals surface area contributed by atoms with E-state index < -0.39 is 18.1 Å². The molecule has 18 nitrogen and oxygen atoms in total. The zero-order chi connectivity index (χ0) is 61.4. The van der Waals surface area contributed by atoms with Gasteiger partial charge >= 0.3 is 24.1 Å². The molecule has 10 rings (SSSR count). The number of benzene rings is 2. The van der Waals surface area contributed by atoms with Crippen LogP contribution in [0.5, 0.6) is 0 Å². The molecule has 6 aromatic rings. The monoisotopic (exact) mass is 1260 g/mol. The quantitative estimate of drug-likeness (QED) is 0.0919. The van der Waals surface area contributed by atoms with Crippen LogP contribution < -0.4 is 9.80 Å². The molecule has 2 unspecified atom stereocenters. The maximum Gasteiger partial charge on any atom is 0.490 e. The molecule has 4 aliphatic heterocycles. The highest BCUT2D eigenvalue weighted by Gasteiger charge is 2.39. The van der Waals surface area contributed by atoms with Crippen molar-refractivity contribution in [1.29, 1.82) is 0 Å². The summed E-state index contributed by atoms with van der Waals surface area (Å²) in [5, 5.41) is 28.2. The van der Waals surface area contributed by atoms with Crippen molar-refractivity contribution in [1.82, 2.24) is 49.3 Å². The molecule has 25 heteroatoms. The molecule has 4 saturated heterocycles. The van der Waals surface area contributed by atoms with Gasteiger partial charge in [-0.2, -0.15) is 23.4 Å². The van der Waals surface area contributed by atoms with Gasteiger partial charge in [0.25, 0.3) is 0 Å². The molecule has 2 N–H and O–H groups in total. The molecular weight excluding hydrogens is 1180 g/mol. The van der Waals surface area contributed by atoms with Crippen LogP contribution in [0.4, 0.5) is 24.8 Å². The number of aromatic nitrogens is 8. The molecular formula is C60H77Cl4F3N12O6. The number of nitrogens with zero attached hydrogens (tertiary/aromatic N) is 12. The molecule has 8 atom stereocenters. The number of likely N-dealkylation sites (tertiary alicyclic amines) is 2. The van der Waals surface area contributed by atoms with Gasteiger partial charge < -0.3 is 24.7 Å². The van der Waals surface area contributed by atoms with Crippen molar-refractivity contribution in [2.45, 2.75) is 143 Å². The fourth-order valence-electron chi connectivity index (χ4n) is 12.8. The number of carbonyl (C=O) groups is 3. The van der Waals surface area contributed by atoms with E-state index in [0.29, 0.717) is 68.9 Å². The Bertz CT molecular complexity index is 3300. The van der Waals surface area contributed by atoms with E-state index in [0.717, 1.165) is 147 Å². The van der Waals surface area contributed by atoms with Crippen LogP contribution in [0.1, 0.15) is 133 Å². The first kappa shape index (κ1) is 65.4. The second kappa shape index (κ2) is 29.0. The minimum absolute atomic E-state index is 0.0680. The van der Waals surface area contributed by atoms with Crippen LogP contribution in [0, 0.1) is 37.5 Å². The van der Waals surface area contributed by atoms with Gasteiger partial charge in [-0.15, -0.1) is 0 Å². The Labute approximate surface area is 514 Å². The van der Waals surface area contributed by atoms with E-state index in [1.54, 1.807) is 12.1 Å². The molecule has 0 amide bonds. The maximum absolute atomic E-state index is 11.9. The third-order valence-corrected chi connectivity index (χ3v) is 18.3. The molecule has 2 aromatic carbocycles. The van der Waals surface area contributed by atoms with Crippen molar-refractivity contribution < 1.29 is 42.5 Å². The molecule has 0 saturated carbocycles. The molecule has 8 heterocycles. The lowest BCUT2D eigenvalue weighted by atomic mass is 9.87. The van der Waals surface area contributed by atoms with Crippen LogP contribution in [0.15, 0.2) is 48.8 Å². The number of aliphatic carboxylic acids is 2. The van der Waals surface area contributed by atoms with Gasteiger partial charge in [0, 0.05) is 84.3 Å². The molecule has 0 spiro atoms. The van der Waals surface area contributed by atoms with E-state index >= 15 is 0 Å². The normalized spacial score (nSPS) is 22.3. The smallest absolute Gasteiger partial charge is 0.481 e. The summed E-state index contributed by atoms with van der Waals surface area (Å²) in [4.78, 5) is 61.5. The number of esters is 1. The molecule has 462 valence electrons. The van der Waals surface area contributed by atoms with E-state index in [9.17, 15) is 22.8 Å². The summed E-state index contributed by atoms with van der Waals surface area (Å²) < 4.78 is 40.7. The van der Waals surface area contributed by atoms with E-state index in [2.05, 4.69) is 47.3 Å². The molecule has 0 radical (unpaired) electrons. The van der Waals surface area contributed by atoms with Crippen molar-refractivity contribution in [3.8, 4) is 0 Å². The third kappa shape index (κ3) is 16.3. The van der Waals surface area contributed by atoms with Gasteiger partial charge in [-0.1, -0.05) is 72.4 Å². The summed E-state index contributed by atoms with van der Waals surface area (Å²) in [5.74, 6) is 0.259. The molecule has 4 aliphatic rings. The highest BCUT2D eigenvalue weighted by molar-refractivity contribution is 6.35. The maximum atomic E-state index is 11.9. The summed E-state index contributed by atoms with van der Waals surface area (Å²) in [7, 11) is 0. The van der Waals surface area contributed by atoms with Gasteiger partial charge in [0.05, 0.1) is 42.5 Å². The number of hydrogen-bond acceptors (Lipinski definition) is 14. The predicted octanol–water partition coefficient (Wildman–Crippen LogP) is 12.8.